The van der Waals surface area contributed by atoms with Gasteiger partial charge in [0.2, 0.25) is 0 Å². The molecule has 1 fully saturated rings. The van der Waals surface area contributed by atoms with Gasteiger partial charge in [0.15, 0.2) is 0 Å². The van der Waals surface area contributed by atoms with Gasteiger partial charge in [0, 0.05) is 40.0 Å². The van der Waals surface area contributed by atoms with Gasteiger partial charge in [-0.25, -0.2) is 0 Å². The molecule has 208 valence electrons. The maximum Gasteiger partial charge on any atom is 0.128 e. The number of hydrogen-bond donors (Lipinski definition) is 0. The molecule has 5 aliphatic rings. The van der Waals surface area contributed by atoms with Crippen LogP contribution in [-0.4, -0.2) is 12.2 Å². The average Bonchev–Trinajstić information content (AvgIpc) is 3.64. The second kappa shape index (κ2) is 10.2. The van der Waals surface area contributed by atoms with Gasteiger partial charge in [0.05, 0.1) is 28.8 Å². The van der Waals surface area contributed by atoms with Gasteiger partial charge in [-0.05, 0) is 71.7 Å². The van der Waals surface area contributed by atoms with Gasteiger partial charge in [-0.3, -0.25) is 0 Å². The van der Waals surface area contributed by atoms with Crippen molar-refractivity contribution >= 4 is 5.57 Å². The molecule has 0 N–H and O–H groups in total. The lowest BCUT2D eigenvalue weighted by atomic mass is 9.78. The Balaban J connectivity index is 1.29. The molecule has 2 aliphatic heterocycles. The van der Waals surface area contributed by atoms with Gasteiger partial charge < -0.3 is 9.47 Å². The van der Waals surface area contributed by atoms with Crippen LogP contribution >= 0.6 is 0 Å². The molecule has 44 heavy (non-hydrogen) atoms. The van der Waals surface area contributed by atoms with Crippen molar-refractivity contribution in [3.8, 4) is 35.1 Å². The van der Waals surface area contributed by atoms with E-state index in [-0.39, 0.29) is 30.0 Å². The largest absolute Gasteiger partial charge is 0.485 e. The quantitative estimate of drug-likeness (QED) is 0.321. The molecule has 0 bridgehead atoms. The molecular weight excluding hydrogens is 542 g/mol. The maximum atomic E-state index is 10.7. The number of rotatable bonds is 3. The van der Waals surface area contributed by atoms with Crippen molar-refractivity contribution in [3.05, 3.63) is 154 Å². The Labute approximate surface area is 255 Å². The molecule has 5 atom stereocenters. The van der Waals surface area contributed by atoms with Crippen molar-refractivity contribution in [1.29, 1.82) is 15.8 Å². The summed E-state index contributed by atoms with van der Waals surface area (Å²) < 4.78 is 12.7. The van der Waals surface area contributed by atoms with E-state index in [1.54, 1.807) is 18.2 Å². The highest BCUT2D eigenvalue weighted by Gasteiger charge is 2.38. The highest BCUT2D eigenvalue weighted by molar-refractivity contribution is 5.86. The van der Waals surface area contributed by atoms with E-state index in [0.717, 1.165) is 39.3 Å². The van der Waals surface area contributed by atoms with Crippen LogP contribution in [0.2, 0.25) is 0 Å². The molecule has 0 amide bonds. The van der Waals surface area contributed by atoms with E-state index in [2.05, 4.69) is 72.9 Å². The number of nitrogens with zero attached hydrogens (tertiary/aromatic N) is 3. The number of ether oxygens (including phenoxy) is 2. The second-order valence-corrected chi connectivity index (χ2v) is 11.6. The average molecular weight is 568 g/mol. The first-order valence-corrected chi connectivity index (χ1v) is 14.8. The molecule has 2 heterocycles. The Bertz CT molecular complexity index is 2040. The molecule has 0 saturated carbocycles. The minimum absolute atomic E-state index is 0.0183. The van der Waals surface area contributed by atoms with E-state index >= 15 is 0 Å². The monoisotopic (exact) mass is 567 g/mol. The zero-order valence-corrected chi connectivity index (χ0v) is 23.6. The molecule has 0 radical (unpaired) electrons. The molecule has 5 unspecified atom stereocenters. The number of fused-ring (bicyclic) bond motifs is 6. The zero-order chi connectivity index (χ0) is 29.8. The molecule has 0 aromatic heterocycles. The van der Waals surface area contributed by atoms with E-state index in [4.69, 9.17) is 9.47 Å². The van der Waals surface area contributed by atoms with Gasteiger partial charge in [0.1, 0.15) is 29.8 Å². The molecule has 5 heteroatoms. The SMILES string of the molecule is N#Cc1cccc(C#N)c1-c1cc(C2=CC3Oc4ccccc4C3C=C2)c(C#N)c(C2C=C3OC4C=CC=CC4C3=CC2)c1. The summed E-state index contributed by atoms with van der Waals surface area (Å²) in [6.45, 7) is 0. The minimum atomic E-state index is -0.189. The fourth-order valence-corrected chi connectivity index (χ4v) is 7.19. The molecule has 5 nitrogen and oxygen atoms in total. The summed E-state index contributed by atoms with van der Waals surface area (Å²) in [5.74, 6) is 1.91. The van der Waals surface area contributed by atoms with E-state index < -0.39 is 0 Å². The number of hydrogen-bond acceptors (Lipinski definition) is 5. The van der Waals surface area contributed by atoms with Crippen LogP contribution in [0.25, 0.3) is 16.7 Å². The topological polar surface area (TPSA) is 89.8 Å². The predicted octanol–water partition coefficient (Wildman–Crippen LogP) is 7.91. The standard InChI is InChI=1S/C39H25N3O2/c40-20-25-6-5-7-26(21-41)39(25)27-16-32(23-12-14-30-28-8-1-3-10-35(28)43-37(30)18-23)34(22-42)33(17-27)24-13-15-31-29-9-2-4-11-36(29)44-38(31)19-24/h1-12,14-19,24,29-30,36-37H,13H2. The summed E-state index contributed by atoms with van der Waals surface area (Å²) in [4.78, 5) is 0. The summed E-state index contributed by atoms with van der Waals surface area (Å²) in [5.41, 5.74) is 7.52. The van der Waals surface area contributed by atoms with Gasteiger partial charge in [0.25, 0.3) is 0 Å². The van der Waals surface area contributed by atoms with Gasteiger partial charge in [-0.2, -0.15) is 15.8 Å². The van der Waals surface area contributed by atoms with E-state index in [1.165, 1.54) is 5.57 Å². The van der Waals surface area contributed by atoms with E-state index in [1.807, 2.05) is 36.4 Å². The number of benzene rings is 3. The van der Waals surface area contributed by atoms with Crippen LogP contribution in [0.5, 0.6) is 5.75 Å². The van der Waals surface area contributed by atoms with Crippen LogP contribution in [0.3, 0.4) is 0 Å². The third-order valence-corrected chi connectivity index (χ3v) is 9.24. The first-order chi connectivity index (χ1) is 21.7. The Morgan fingerprint density at radius 3 is 2.36 bits per heavy atom. The van der Waals surface area contributed by atoms with Crippen molar-refractivity contribution in [2.45, 2.75) is 30.5 Å². The number of nitriles is 3. The Kier molecular flexibility index (Phi) is 5.97. The van der Waals surface area contributed by atoms with E-state index in [0.29, 0.717) is 28.7 Å². The fraction of sp³-hybridized carbons (Fsp3) is 0.154. The molecule has 8 rings (SSSR count). The first-order valence-electron chi connectivity index (χ1n) is 14.8. The van der Waals surface area contributed by atoms with Crippen molar-refractivity contribution in [3.63, 3.8) is 0 Å². The summed E-state index contributed by atoms with van der Waals surface area (Å²) in [7, 11) is 0. The molecule has 0 spiro atoms. The maximum absolute atomic E-state index is 10.7. The Hall–Kier alpha value is -5.83. The van der Waals surface area contributed by atoms with Crippen LogP contribution < -0.4 is 4.74 Å². The highest BCUT2D eigenvalue weighted by Crippen LogP contribution is 2.47. The number of allylic oxidation sites excluding steroid dienone is 7. The molecule has 3 aromatic carbocycles. The first kappa shape index (κ1) is 25.8. The van der Waals surface area contributed by atoms with E-state index in [9.17, 15) is 15.8 Å². The van der Waals surface area contributed by atoms with Crippen LogP contribution in [-0.2, 0) is 4.74 Å². The lowest BCUT2D eigenvalue weighted by molar-refractivity contribution is 0.183. The fourth-order valence-electron chi connectivity index (χ4n) is 7.19. The second-order valence-electron chi connectivity index (χ2n) is 11.6. The van der Waals surface area contributed by atoms with Crippen molar-refractivity contribution in [2.24, 2.45) is 5.92 Å². The lowest BCUT2D eigenvalue weighted by Crippen LogP contribution is -2.17. The third kappa shape index (κ3) is 3.97. The Morgan fingerprint density at radius 1 is 0.727 bits per heavy atom. The predicted molar refractivity (Wildman–Crippen MR) is 167 cm³/mol. The van der Waals surface area contributed by atoms with Crippen LogP contribution in [0.1, 0.15) is 51.6 Å². The third-order valence-electron chi connectivity index (χ3n) is 9.24. The van der Waals surface area contributed by atoms with Crippen LogP contribution in [0.15, 0.2) is 121 Å². The van der Waals surface area contributed by atoms with Crippen molar-refractivity contribution in [1.82, 2.24) is 0 Å². The lowest BCUT2D eigenvalue weighted by Gasteiger charge is -2.24. The van der Waals surface area contributed by atoms with Crippen LogP contribution in [0, 0.1) is 39.9 Å². The van der Waals surface area contributed by atoms with Gasteiger partial charge in [-0.1, -0.05) is 60.7 Å². The molecule has 3 aliphatic carbocycles. The summed E-state index contributed by atoms with van der Waals surface area (Å²) in [6, 6.07) is 24.3. The summed E-state index contributed by atoms with van der Waals surface area (Å²) >= 11 is 0. The minimum Gasteiger partial charge on any atom is -0.485 e. The smallest absolute Gasteiger partial charge is 0.128 e. The summed E-state index contributed by atoms with van der Waals surface area (Å²) in [6.07, 6.45) is 19.5. The van der Waals surface area contributed by atoms with Gasteiger partial charge >= 0.3 is 0 Å². The molecule has 3 aromatic rings. The molecular formula is C39H25N3O2. The normalized spacial score (nSPS) is 24.9. The van der Waals surface area contributed by atoms with Crippen LogP contribution in [0.4, 0.5) is 0 Å². The number of para-hydroxylation sites is 1. The van der Waals surface area contributed by atoms with Gasteiger partial charge in [-0.15, -0.1) is 0 Å². The van der Waals surface area contributed by atoms with Crippen molar-refractivity contribution < 1.29 is 9.47 Å². The Morgan fingerprint density at radius 2 is 1.55 bits per heavy atom. The highest BCUT2D eigenvalue weighted by atomic mass is 16.5. The summed E-state index contributed by atoms with van der Waals surface area (Å²) in [5, 5.41) is 30.8. The zero-order valence-electron chi connectivity index (χ0n) is 23.6. The molecule has 1 saturated heterocycles. The van der Waals surface area contributed by atoms with Crippen molar-refractivity contribution in [2.75, 3.05) is 0 Å².